The summed E-state index contributed by atoms with van der Waals surface area (Å²) in [6, 6.07) is 6.28. The minimum Gasteiger partial charge on any atom is -0.464 e. The molecule has 0 saturated carbocycles. The van der Waals surface area contributed by atoms with Crippen molar-refractivity contribution in [2.45, 2.75) is 19.9 Å². The molecule has 1 atom stereocenters. The smallest absolute Gasteiger partial charge is 0.328 e. The number of aromatic nitrogens is 3. The normalized spacial score (nSPS) is 11.7. The Morgan fingerprint density at radius 2 is 2.19 bits per heavy atom. The number of amides is 1. The van der Waals surface area contributed by atoms with E-state index in [1.165, 1.54) is 0 Å². The van der Waals surface area contributed by atoms with Crippen molar-refractivity contribution in [2.24, 2.45) is 0 Å². The molecule has 7 heteroatoms. The molecule has 2 rings (SSSR count). The van der Waals surface area contributed by atoms with E-state index >= 15 is 0 Å². The Bertz CT molecular complexity index is 624. The fourth-order valence-electron chi connectivity index (χ4n) is 1.68. The minimum atomic E-state index is -0.723. The molecule has 0 radical (unpaired) electrons. The Labute approximate surface area is 121 Å². The molecule has 21 heavy (non-hydrogen) atoms. The maximum atomic E-state index is 12.0. The molecule has 2 heterocycles. The van der Waals surface area contributed by atoms with E-state index in [-0.39, 0.29) is 12.3 Å². The topological polar surface area (TPSA) is 97.0 Å². The van der Waals surface area contributed by atoms with Gasteiger partial charge in [-0.3, -0.25) is 14.9 Å². The van der Waals surface area contributed by atoms with Crippen molar-refractivity contribution < 1.29 is 14.3 Å². The van der Waals surface area contributed by atoms with E-state index in [0.717, 1.165) is 0 Å². The van der Waals surface area contributed by atoms with Crippen molar-refractivity contribution in [3.8, 4) is 11.4 Å². The molecule has 1 amide bonds. The standard InChI is InChI=1S/C14H16N4O3/c1-3-21-14(20)9(2)16-13(19)12-8-11(17-18-12)10-6-4-5-7-15-10/h4-9H,3H2,1-2H3,(H,16,19)(H,17,18)/t9-/m0/s1. The maximum Gasteiger partial charge on any atom is 0.328 e. The largest absolute Gasteiger partial charge is 0.464 e. The first-order valence-electron chi connectivity index (χ1n) is 6.56. The Morgan fingerprint density at radius 1 is 1.38 bits per heavy atom. The zero-order valence-corrected chi connectivity index (χ0v) is 11.8. The van der Waals surface area contributed by atoms with Crippen LogP contribution in [0.4, 0.5) is 0 Å². The molecule has 110 valence electrons. The average molecular weight is 288 g/mol. The fourth-order valence-corrected chi connectivity index (χ4v) is 1.68. The molecule has 2 N–H and O–H groups in total. The molecule has 0 aliphatic rings. The number of carbonyl (C=O) groups excluding carboxylic acids is 2. The number of carbonyl (C=O) groups is 2. The average Bonchev–Trinajstić information content (AvgIpc) is 2.98. The van der Waals surface area contributed by atoms with Gasteiger partial charge < -0.3 is 10.1 Å². The molecule has 2 aromatic rings. The number of H-pyrrole nitrogens is 1. The summed E-state index contributed by atoms with van der Waals surface area (Å²) >= 11 is 0. The van der Waals surface area contributed by atoms with Crippen molar-refractivity contribution >= 4 is 11.9 Å². The van der Waals surface area contributed by atoms with Crippen LogP contribution in [0.1, 0.15) is 24.3 Å². The summed E-state index contributed by atoms with van der Waals surface area (Å²) in [6.45, 7) is 3.54. The van der Waals surface area contributed by atoms with E-state index in [2.05, 4.69) is 20.5 Å². The molecular formula is C14H16N4O3. The second-order valence-corrected chi connectivity index (χ2v) is 4.33. The van der Waals surface area contributed by atoms with Gasteiger partial charge in [0.2, 0.25) is 0 Å². The van der Waals surface area contributed by atoms with Crippen LogP contribution in [0.25, 0.3) is 11.4 Å². The third-order valence-electron chi connectivity index (χ3n) is 2.74. The monoisotopic (exact) mass is 288 g/mol. The zero-order valence-electron chi connectivity index (χ0n) is 11.8. The van der Waals surface area contributed by atoms with Crippen molar-refractivity contribution in [3.63, 3.8) is 0 Å². The van der Waals surface area contributed by atoms with Gasteiger partial charge in [-0.25, -0.2) is 4.79 Å². The van der Waals surface area contributed by atoms with E-state index in [1.54, 1.807) is 38.2 Å². The van der Waals surface area contributed by atoms with Crippen LogP contribution in [0.5, 0.6) is 0 Å². The number of pyridine rings is 1. The molecule has 0 aliphatic heterocycles. The predicted octanol–water partition coefficient (Wildman–Crippen LogP) is 1.15. The number of aromatic amines is 1. The molecule has 0 aliphatic carbocycles. The van der Waals surface area contributed by atoms with E-state index in [4.69, 9.17) is 4.74 Å². The Balaban J connectivity index is 2.04. The molecular weight excluding hydrogens is 272 g/mol. The summed E-state index contributed by atoms with van der Waals surface area (Å²) < 4.78 is 4.83. The first-order chi connectivity index (χ1) is 10.1. The van der Waals surface area contributed by atoms with E-state index in [1.807, 2.05) is 6.07 Å². The van der Waals surface area contributed by atoms with Crippen LogP contribution >= 0.6 is 0 Å². The van der Waals surface area contributed by atoms with E-state index in [0.29, 0.717) is 11.4 Å². The molecule has 0 unspecified atom stereocenters. The number of ether oxygens (including phenoxy) is 1. The van der Waals surface area contributed by atoms with Crippen molar-refractivity contribution in [1.82, 2.24) is 20.5 Å². The van der Waals surface area contributed by atoms with Gasteiger partial charge in [-0.1, -0.05) is 6.07 Å². The van der Waals surface area contributed by atoms with Gasteiger partial charge in [-0.15, -0.1) is 0 Å². The van der Waals surface area contributed by atoms with Gasteiger partial charge in [0.1, 0.15) is 17.4 Å². The molecule has 0 aromatic carbocycles. The van der Waals surface area contributed by atoms with Gasteiger partial charge in [0.15, 0.2) is 0 Å². The molecule has 0 saturated heterocycles. The number of nitrogens with one attached hydrogen (secondary N) is 2. The van der Waals surface area contributed by atoms with Gasteiger partial charge in [-0.05, 0) is 32.0 Å². The summed E-state index contributed by atoms with van der Waals surface area (Å²) in [5.41, 5.74) is 1.47. The predicted molar refractivity (Wildman–Crippen MR) is 75.4 cm³/mol. The number of rotatable bonds is 5. The molecule has 0 spiro atoms. The zero-order chi connectivity index (χ0) is 15.2. The van der Waals surface area contributed by atoms with Gasteiger partial charge in [0, 0.05) is 6.20 Å². The van der Waals surface area contributed by atoms with E-state index in [9.17, 15) is 9.59 Å². The van der Waals surface area contributed by atoms with Gasteiger partial charge in [0.25, 0.3) is 5.91 Å². The lowest BCUT2D eigenvalue weighted by Gasteiger charge is -2.11. The SMILES string of the molecule is CCOC(=O)[C@H](C)NC(=O)c1cc(-c2ccccn2)n[nH]1. The third kappa shape index (κ3) is 3.65. The van der Waals surface area contributed by atoms with E-state index < -0.39 is 17.9 Å². The lowest BCUT2D eigenvalue weighted by Crippen LogP contribution is -2.39. The van der Waals surface area contributed by atoms with Crippen LogP contribution < -0.4 is 5.32 Å². The highest BCUT2D eigenvalue weighted by Crippen LogP contribution is 2.14. The number of hydrogen-bond acceptors (Lipinski definition) is 5. The van der Waals surface area contributed by atoms with Crippen LogP contribution in [0.3, 0.4) is 0 Å². The van der Waals surface area contributed by atoms with Crippen LogP contribution in [0.15, 0.2) is 30.5 Å². The third-order valence-corrected chi connectivity index (χ3v) is 2.74. The van der Waals surface area contributed by atoms with Crippen molar-refractivity contribution in [2.75, 3.05) is 6.61 Å². The highest BCUT2D eigenvalue weighted by Gasteiger charge is 2.19. The van der Waals surface area contributed by atoms with Crippen molar-refractivity contribution in [3.05, 3.63) is 36.2 Å². The summed E-state index contributed by atoms with van der Waals surface area (Å²) in [4.78, 5) is 27.6. The number of nitrogens with zero attached hydrogens (tertiary/aromatic N) is 2. The first kappa shape index (κ1) is 14.7. The molecule has 7 nitrogen and oxygen atoms in total. The Morgan fingerprint density at radius 3 is 2.86 bits per heavy atom. The second kappa shape index (κ2) is 6.65. The van der Waals surface area contributed by atoms with Gasteiger partial charge in [0.05, 0.1) is 12.3 Å². The number of hydrogen-bond donors (Lipinski definition) is 2. The summed E-state index contributed by atoms with van der Waals surface area (Å²) in [6.07, 6.45) is 1.65. The van der Waals surface area contributed by atoms with Crippen LogP contribution in [-0.2, 0) is 9.53 Å². The molecule has 0 bridgehead atoms. The van der Waals surface area contributed by atoms with Crippen LogP contribution in [0, 0.1) is 0 Å². The first-order valence-corrected chi connectivity index (χ1v) is 6.56. The Hall–Kier alpha value is -2.70. The second-order valence-electron chi connectivity index (χ2n) is 4.33. The fraction of sp³-hybridized carbons (Fsp3) is 0.286. The Kier molecular flexibility index (Phi) is 4.65. The highest BCUT2D eigenvalue weighted by molar-refractivity contribution is 5.95. The quantitative estimate of drug-likeness (QED) is 0.804. The molecule has 2 aromatic heterocycles. The summed E-state index contributed by atoms with van der Waals surface area (Å²) in [7, 11) is 0. The highest BCUT2D eigenvalue weighted by atomic mass is 16.5. The van der Waals surface area contributed by atoms with Crippen molar-refractivity contribution in [1.29, 1.82) is 0 Å². The van der Waals surface area contributed by atoms with Gasteiger partial charge in [-0.2, -0.15) is 5.10 Å². The van der Waals surface area contributed by atoms with Gasteiger partial charge >= 0.3 is 5.97 Å². The maximum absolute atomic E-state index is 12.0. The minimum absolute atomic E-state index is 0.256. The number of esters is 1. The molecule has 0 fully saturated rings. The summed E-state index contributed by atoms with van der Waals surface area (Å²) in [5.74, 6) is -0.902. The van der Waals surface area contributed by atoms with Crippen LogP contribution in [-0.4, -0.2) is 39.7 Å². The lowest BCUT2D eigenvalue weighted by atomic mass is 10.2. The summed E-state index contributed by atoms with van der Waals surface area (Å²) in [5, 5.41) is 9.20. The lowest BCUT2D eigenvalue weighted by molar-refractivity contribution is -0.144. The van der Waals surface area contributed by atoms with Crippen LogP contribution in [0.2, 0.25) is 0 Å².